The minimum absolute atomic E-state index is 0.00412. The maximum Gasteiger partial charge on any atom is 0.309 e. The standard InChI is InChI=1S/C46H78N2O13/c1-13-33-37(58-39(50)14-2)25-40(51)54-29(5)18-16-15-17-19-36(59-41-21-20-34(47(9)10)30(6)55-41)27(3)22-38(53-26-49)46(33)61-43-24-35(48(11)12)45(32(8)57-43)60-42-23-28(4)44(52)31(7)56-42/h15-17,19,26-38,41-46,52H,13-14,18,20-25H2,1-12H3/b16-15+,19-17+/t27-,28+,29-,30-,31+,32-,33+,34+,35-,36+,37-,38+,41+,42+,43+,44-,45-,46-/m1/s1. The van der Waals surface area contributed by atoms with Crippen LogP contribution in [0.1, 0.15) is 113 Å². The van der Waals surface area contributed by atoms with Gasteiger partial charge in [-0.05, 0) is 93.4 Å². The second-order valence-corrected chi connectivity index (χ2v) is 18.2. The lowest BCUT2D eigenvalue weighted by molar-refractivity contribution is -0.311. The second-order valence-electron chi connectivity index (χ2n) is 18.2. The van der Waals surface area contributed by atoms with Crippen molar-refractivity contribution in [2.45, 2.75) is 205 Å². The molecule has 0 radical (unpaired) electrons. The van der Waals surface area contributed by atoms with Gasteiger partial charge in [0.25, 0.3) is 6.47 Å². The Balaban J connectivity index is 1.71. The SMILES string of the molecule is CCC(=O)O[C@@H]1CC(=O)O[C@H](C)C/C=C/C=C/[C@H](O[C@H]2CC[C@H](N(C)C)[C@@H](C)O2)[C@H](C)C[C@H](OC=O)[C@H](O[C@H]2C[C@@H](N(C)C)[C@H](O[C@H]3C[C@H](C)[C@@H](O)[C@H](C)O3)[C@@H](C)O2)[C@H]1CC. The minimum Gasteiger partial charge on any atom is -0.462 e. The van der Waals surface area contributed by atoms with Gasteiger partial charge < -0.3 is 57.5 Å². The minimum atomic E-state index is -0.961. The largest absolute Gasteiger partial charge is 0.462 e. The quantitative estimate of drug-likeness (QED) is 0.139. The maximum atomic E-state index is 13.5. The molecule has 18 atom stereocenters. The molecule has 0 aromatic heterocycles. The van der Waals surface area contributed by atoms with E-state index in [0.717, 1.165) is 6.42 Å². The van der Waals surface area contributed by atoms with Crippen LogP contribution in [0.15, 0.2) is 24.3 Å². The first-order valence-corrected chi connectivity index (χ1v) is 22.7. The number of hydrogen-bond acceptors (Lipinski definition) is 15. The number of likely N-dealkylation sites (N-methyl/N-ethyl adjacent to an activating group) is 2. The molecule has 15 heteroatoms. The van der Waals surface area contributed by atoms with E-state index in [1.807, 2.05) is 79.9 Å². The van der Waals surface area contributed by atoms with Gasteiger partial charge in [0.1, 0.15) is 30.5 Å². The van der Waals surface area contributed by atoms with Crippen LogP contribution in [0.25, 0.3) is 0 Å². The zero-order valence-corrected chi connectivity index (χ0v) is 38.9. The van der Waals surface area contributed by atoms with Crippen LogP contribution in [0.3, 0.4) is 0 Å². The Kier molecular flexibility index (Phi) is 20.6. The van der Waals surface area contributed by atoms with Crippen molar-refractivity contribution in [3.63, 3.8) is 0 Å². The molecule has 0 saturated carbocycles. The summed E-state index contributed by atoms with van der Waals surface area (Å²) in [5, 5.41) is 10.5. The fourth-order valence-corrected chi connectivity index (χ4v) is 9.34. The van der Waals surface area contributed by atoms with Crippen LogP contribution in [0.5, 0.6) is 0 Å². The van der Waals surface area contributed by atoms with Crippen molar-refractivity contribution in [1.82, 2.24) is 9.80 Å². The Morgan fingerprint density at radius 3 is 2.07 bits per heavy atom. The van der Waals surface area contributed by atoms with E-state index in [1.54, 1.807) is 6.92 Å². The zero-order valence-electron chi connectivity index (χ0n) is 38.9. The molecule has 0 aliphatic carbocycles. The normalized spacial score (nSPS) is 42.0. The molecular formula is C46H78N2O13. The lowest BCUT2D eigenvalue weighted by Crippen LogP contribution is -2.58. The molecule has 0 aromatic carbocycles. The number of aliphatic hydroxyl groups excluding tert-OH is 1. The number of carbonyl (C=O) groups excluding carboxylic acids is 3. The van der Waals surface area contributed by atoms with Crippen molar-refractivity contribution < 1.29 is 62.1 Å². The first kappa shape index (κ1) is 51.2. The lowest BCUT2D eigenvalue weighted by atomic mass is 9.83. The van der Waals surface area contributed by atoms with E-state index in [-0.39, 0.29) is 49.0 Å². The molecule has 15 nitrogen and oxygen atoms in total. The van der Waals surface area contributed by atoms with E-state index in [9.17, 15) is 19.5 Å². The predicted octanol–water partition coefficient (Wildman–Crippen LogP) is 5.55. The Morgan fingerprint density at radius 2 is 1.44 bits per heavy atom. The fraction of sp³-hybridized carbons (Fsp3) is 0.848. The highest BCUT2D eigenvalue weighted by atomic mass is 16.7. The molecule has 3 fully saturated rings. The maximum absolute atomic E-state index is 13.5. The second kappa shape index (κ2) is 24.6. The monoisotopic (exact) mass is 867 g/mol. The molecule has 0 unspecified atom stereocenters. The van der Waals surface area contributed by atoms with Gasteiger partial charge in [-0.1, -0.05) is 52.0 Å². The zero-order chi connectivity index (χ0) is 45.0. The average Bonchev–Trinajstić information content (AvgIpc) is 3.19. The molecule has 0 amide bonds. The highest BCUT2D eigenvalue weighted by Crippen LogP contribution is 2.37. The summed E-state index contributed by atoms with van der Waals surface area (Å²) in [7, 11) is 8.06. The van der Waals surface area contributed by atoms with Gasteiger partial charge in [0, 0.05) is 43.7 Å². The topological polar surface area (TPSA) is 161 Å². The van der Waals surface area contributed by atoms with Gasteiger partial charge in [-0.25, -0.2) is 0 Å². The number of rotatable bonds is 13. The molecule has 4 aliphatic heterocycles. The number of cyclic esters (lactones) is 1. The smallest absolute Gasteiger partial charge is 0.309 e. The highest BCUT2D eigenvalue weighted by Gasteiger charge is 2.47. The number of allylic oxidation sites excluding steroid dienone is 2. The summed E-state index contributed by atoms with van der Waals surface area (Å²) in [6.07, 6.45) is 4.09. The van der Waals surface area contributed by atoms with E-state index in [4.69, 9.17) is 42.6 Å². The summed E-state index contributed by atoms with van der Waals surface area (Å²) < 4.78 is 57.4. The Hall–Kier alpha value is -2.47. The van der Waals surface area contributed by atoms with Crippen molar-refractivity contribution >= 4 is 18.4 Å². The number of carbonyl (C=O) groups is 3. The van der Waals surface area contributed by atoms with Crippen molar-refractivity contribution in [3.8, 4) is 0 Å². The van der Waals surface area contributed by atoms with E-state index in [2.05, 4.69) is 30.8 Å². The van der Waals surface area contributed by atoms with Crippen LogP contribution in [-0.4, -0.2) is 154 Å². The van der Waals surface area contributed by atoms with Gasteiger partial charge in [-0.2, -0.15) is 0 Å². The fourth-order valence-electron chi connectivity index (χ4n) is 9.34. The number of esters is 2. The van der Waals surface area contributed by atoms with Gasteiger partial charge in [0.15, 0.2) is 18.9 Å². The van der Waals surface area contributed by atoms with Gasteiger partial charge >= 0.3 is 11.9 Å². The third kappa shape index (κ3) is 14.8. The molecule has 4 rings (SSSR count). The predicted molar refractivity (Wildman–Crippen MR) is 228 cm³/mol. The number of hydrogen-bond donors (Lipinski definition) is 1. The molecule has 1 N–H and O–H groups in total. The van der Waals surface area contributed by atoms with Crippen molar-refractivity contribution in [1.29, 1.82) is 0 Å². The summed E-state index contributed by atoms with van der Waals surface area (Å²) in [4.78, 5) is 43.3. The van der Waals surface area contributed by atoms with Crippen LogP contribution in [0.2, 0.25) is 0 Å². The molecular weight excluding hydrogens is 789 g/mol. The summed E-state index contributed by atoms with van der Waals surface area (Å²) >= 11 is 0. The van der Waals surface area contributed by atoms with Crippen LogP contribution in [-0.2, 0) is 57.0 Å². The highest BCUT2D eigenvalue weighted by molar-refractivity contribution is 5.72. The van der Waals surface area contributed by atoms with Gasteiger partial charge in [-0.15, -0.1) is 0 Å². The van der Waals surface area contributed by atoms with Gasteiger partial charge in [0.05, 0.1) is 36.9 Å². The molecule has 0 bridgehead atoms. The first-order chi connectivity index (χ1) is 28.9. The lowest BCUT2D eigenvalue weighted by Gasteiger charge is -2.47. The van der Waals surface area contributed by atoms with Gasteiger partial charge in [-0.3, -0.25) is 14.4 Å². The average molecular weight is 867 g/mol. The van der Waals surface area contributed by atoms with Crippen molar-refractivity contribution in [2.75, 3.05) is 28.2 Å². The Labute approximate surface area is 365 Å². The van der Waals surface area contributed by atoms with Crippen LogP contribution in [0.4, 0.5) is 0 Å². The number of nitrogens with zero attached hydrogens (tertiary/aromatic N) is 2. The summed E-state index contributed by atoms with van der Waals surface area (Å²) in [5.41, 5.74) is 0. The molecule has 3 saturated heterocycles. The van der Waals surface area contributed by atoms with E-state index in [1.165, 1.54) is 0 Å². The molecule has 61 heavy (non-hydrogen) atoms. The number of aliphatic hydroxyl groups is 1. The Bertz CT molecular complexity index is 1400. The van der Waals surface area contributed by atoms with Crippen molar-refractivity contribution in [2.24, 2.45) is 17.8 Å². The molecule has 4 aliphatic rings. The molecule has 0 aromatic rings. The van der Waals surface area contributed by atoms with E-state index in [0.29, 0.717) is 45.0 Å². The van der Waals surface area contributed by atoms with Crippen LogP contribution in [0, 0.1) is 17.8 Å². The molecule has 0 spiro atoms. The third-order valence-electron chi connectivity index (χ3n) is 12.9. The van der Waals surface area contributed by atoms with Gasteiger partial charge in [0.2, 0.25) is 0 Å². The summed E-state index contributed by atoms with van der Waals surface area (Å²) in [6, 6.07) is 0.0881. The van der Waals surface area contributed by atoms with Crippen molar-refractivity contribution in [3.05, 3.63) is 24.3 Å². The first-order valence-electron chi connectivity index (χ1n) is 22.7. The van der Waals surface area contributed by atoms with Crippen LogP contribution >= 0.6 is 0 Å². The number of ether oxygens (including phenoxy) is 9. The summed E-state index contributed by atoms with van der Waals surface area (Å²) in [5.74, 6) is -1.85. The summed E-state index contributed by atoms with van der Waals surface area (Å²) in [6.45, 7) is 15.7. The van der Waals surface area contributed by atoms with E-state index >= 15 is 0 Å². The van der Waals surface area contributed by atoms with Crippen LogP contribution < -0.4 is 0 Å². The molecule has 350 valence electrons. The third-order valence-corrected chi connectivity index (χ3v) is 12.9. The molecule has 4 heterocycles. The van der Waals surface area contributed by atoms with E-state index < -0.39 is 85.6 Å². The Morgan fingerprint density at radius 1 is 0.787 bits per heavy atom.